The van der Waals surface area contributed by atoms with E-state index in [2.05, 4.69) is 96.0 Å². The summed E-state index contributed by atoms with van der Waals surface area (Å²) in [6.07, 6.45) is 0. The average molecular weight is 491 g/mol. The zero-order valence-corrected chi connectivity index (χ0v) is 20.0. The van der Waals surface area contributed by atoms with Crippen LogP contribution in [0.4, 0.5) is 0 Å². The molecule has 0 atom stereocenters. The monoisotopic (exact) mass is 492 g/mol. The number of hydrogen-bond acceptors (Lipinski definition) is 2. The first kappa shape index (κ1) is 18.9. The molecule has 0 radical (unpaired) electrons. The summed E-state index contributed by atoms with van der Waals surface area (Å²) in [6.45, 7) is 0. The third-order valence-electron chi connectivity index (χ3n) is 6.54. The molecule has 3 aromatic heterocycles. The molecule has 3 heterocycles. The quantitative estimate of drug-likeness (QED) is 0.272. The van der Waals surface area contributed by atoms with Crippen LogP contribution in [0, 0.1) is 0 Å². The van der Waals surface area contributed by atoms with Crippen molar-refractivity contribution in [1.29, 1.82) is 0 Å². The standard InChI is InChI=1S/C28H20N4Se/c1-31-23-15-25-19(13-21(23)29-27(31)17-9-5-3-6-10-17)20-14-22-24(16-26(20)33-25)32(2)28(30-22)18-11-7-4-8-12-18/h3-16H,1-2H3. The summed E-state index contributed by atoms with van der Waals surface area (Å²) in [7, 11) is 4.23. The molecule has 0 saturated carbocycles. The third-order valence-corrected chi connectivity index (χ3v) is 8.88. The van der Waals surface area contributed by atoms with E-state index >= 15 is 0 Å². The first-order valence-corrected chi connectivity index (χ1v) is 12.7. The van der Waals surface area contributed by atoms with Gasteiger partial charge in [-0.15, -0.1) is 0 Å². The molecule has 158 valence electrons. The minimum absolute atomic E-state index is 0.265. The molecule has 0 saturated heterocycles. The van der Waals surface area contributed by atoms with Crippen LogP contribution in [0.15, 0.2) is 84.9 Å². The average Bonchev–Trinajstić information content (AvgIpc) is 3.48. The van der Waals surface area contributed by atoms with Crippen molar-refractivity contribution in [3.63, 3.8) is 0 Å². The summed E-state index contributed by atoms with van der Waals surface area (Å²) in [5.74, 6) is 2.02. The molecule has 0 spiro atoms. The van der Waals surface area contributed by atoms with Gasteiger partial charge >= 0.3 is 197 Å². The Hall–Kier alpha value is -3.66. The van der Waals surface area contributed by atoms with Crippen molar-refractivity contribution in [1.82, 2.24) is 19.1 Å². The predicted octanol–water partition coefficient (Wildman–Crippen LogP) is 6.16. The topological polar surface area (TPSA) is 35.6 Å². The van der Waals surface area contributed by atoms with E-state index in [1.54, 1.807) is 0 Å². The molecule has 0 aliphatic heterocycles. The number of hydrogen-bond donors (Lipinski definition) is 0. The van der Waals surface area contributed by atoms with E-state index < -0.39 is 0 Å². The third kappa shape index (κ3) is 2.76. The number of fused-ring (bicyclic) bond motifs is 5. The van der Waals surface area contributed by atoms with Gasteiger partial charge in [0.05, 0.1) is 0 Å². The molecule has 7 rings (SSSR count). The van der Waals surface area contributed by atoms with Crippen molar-refractivity contribution in [2.24, 2.45) is 14.1 Å². The minimum atomic E-state index is 0.265. The van der Waals surface area contributed by atoms with Crippen LogP contribution in [0.3, 0.4) is 0 Å². The maximum absolute atomic E-state index is 5.00. The number of rotatable bonds is 2. The molecule has 5 heteroatoms. The van der Waals surface area contributed by atoms with Crippen LogP contribution in [0.1, 0.15) is 0 Å². The second kappa shape index (κ2) is 6.92. The Morgan fingerprint density at radius 2 is 1.00 bits per heavy atom. The Morgan fingerprint density at radius 1 is 0.576 bits per heavy atom. The summed E-state index contributed by atoms with van der Waals surface area (Å²) in [5, 5.41) is 2.62. The van der Waals surface area contributed by atoms with Crippen molar-refractivity contribution in [2.45, 2.75) is 0 Å². The van der Waals surface area contributed by atoms with E-state index in [0.717, 1.165) is 33.8 Å². The van der Waals surface area contributed by atoms with Gasteiger partial charge in [0.1, 0.15) is 0 Å². The normalized spacial score (nSPS) is 11.9. The molecule has 0 aliphatic rings. The molecule has 0 amide bonds. The zero-order valence-electron chi connectivity index (χ0n) is 18.3. The van der Waals surface area contributed by atoms with Gasteiger partial charge in [0.2, 0.25) is 0 Å². The second-order valence-electron chi connectivity index (χ2n) is 8.50. The molecule has 4 aromatic carbocycles. The van der Waals surface area contributed by atoms with Crippen LogP contribution in [0.2, 0.25) is 0 Å². The number of aromatic nitrogens is 4. The van der Waals surface area contributed by atoms with E-state index in [1.807, 2.05) is 12.1 Å². The molecule has 0 unspecified atom stereocenters. The summed E-state index contributed by atoms with van der Waals surface area (Å²) in [6, 6.07) is 30.1. The zero-order chi connectivity index (χ0) is 22.1. The molecule has 33 heavy (non-hydrogen) atoms. The fourth-order valence-corrected chi connectivity index (χ4v) is 7.22. The van der Waals surface area contributed by atoms with Gasteiger partial charge in [0.15, 0.2) is 0 Å². The second-order valence-corrected chi connectivity index (χ2v) is 10.8. The molecule has 4 nitrogen and oxygen atoms in total. The first-order chi connectivity index (χ1) is 16.2. The van der Waals surface area contributed by atoms with Crippen LogP contribution >= 0.6 is 0 Å². The summed E-state index contributed by atoms with van der Waals surface area (Å²) >= 11 is 0.265. The molecule has 0 aliphatic carbocycles. The van der Waals surface area contributed by atoms with Crippen LogP contribution in [0.5, 0.6) is 0 Å². The number of nitrogens with zero attached hydrogens (tertiary/aromatic N) is 4. The summed E-state index contributed by atoms with van der Waals surface area (Å²) < 4.78 is 7.28. The van der Waals surface area contributed by atoms with E-state index in [-0.39, 0.29) is 14.5 Å². The predicted molar refractivity (Wildman–Crippen MR) is 138 cm³/mol. The maximum atomic E-state index is 5.00. The molecule has 7 aromatic rings. The summed E-state index contributed by atoms with van der Waals surface area (Å²) in [5.41, 5.74) is 6.76. The van der Waals surface area contributed by atoms with Gasteiger partial charge < -0.3 is 0 Å². The van der Waals surface area contributed by atoms with Crippen LogP contribution in [-0.2, 0) is 14.1 Å². The van der Waals surface area contributed by atoms with Gasteiger partial charge in [-0.1, -0.05) is 0 Å². The van der Waals surface area contributed by atoms with Crippen molar-refractivity contribution >= 4 is 55.9 Å². The van der Waals surface area contributed by atoms with Crippen LogP contribution in [0.25, 0.3) is 64.1 Å². The fourth-order valence-electron chi connectivity index (χ4n) is 4.84. The van der Waals surface area contributed by atoms with Gasteiger partial charge in [0.25, 0.3) is 0 Å². The van der Waals surface area contributed by atoms with Crippen LogP contribution in [-0.4, -0.2) is 33.6 Å². The van der Waals surface area contributed by atoms with E-state index in [4.69, 9.17) is 9.97 Å². The van der Waals surface area contributed by atoms with Gasteiger partial charge in [-0.3, -0.25) is 0 Å². The molecule has 0 bridgehead atoms. The number of benzene rings is 4. The van der Waals surface area contributed by atoms with Crippen molar-refractivity contribution in [3.8, 4) is 22.8 Å². The van der Waals surface area contributed by atoms with Crippen molar-refractivity contribution in [3.05, 3.63) is 84.9 Å². The van der Waals surface area contributed by atoms with Crippen molar-refractivity contribution < 1.29 is 0 Å². The van der Waals surface area contributed by atoms with E-state index in [1.165, 1.54) is 30.3 Å². The summed E-state index contributed by atoms with van der Waals surface area (Å²) in [4.78, 5) is 10.0. The molecular weight excluding hydrogens is 471 g/mol. The van der Waals surface area contributed by atoms with Gasteiger partial charge in [-0.25, -0.2) is 0 Å². The van der Waals surface area contributed by atoms with Gasteiger partial charge in [0, 0.05) is 0 Å². The van der Waals surface area contributed by atoms with E-state index in [9.17, 15) is 0 Å². The molecule has 0 N–H and O–H groups in total. The van der Waals surface area contributed by atoms with Crippen LogP contribution < -0.4 is 0 Å². The Labute approximate surface area is 196 Å². The molecule has 0 fully saturated rings. The number of imidazole rings is 2. The molecular formula is C28H20N4Se. The van der Waals surface area contributed by atoms with Gasteiger partial charge in [-0.05, 0) is 0 Å². The first-order valence-electron chi connectivity index (χ1n) is 11.0. The fraction of sp³-hybridized carbons (Fsp3) is 0.0714. The number of aryl methyl sites for hydroxylation is 2. The van der Waals surface area contributed by atoms with E-state index in [0.29, 0.717) is 0 Å². The Kier molecular flexibility index (Phi) is 3.95. The SMILES string of the molecule is Cn1c(-c2ccccc2)nc2cc3c(cc21)[se]c1cc2c(cc13)nc(-c1ccccc1)n2C. The van der Waals surface area contributed by atoms with Crippen molar-refractivity contribution in [2.75, 3.05) is 0 Å². The Bertz CT molecular complexity index is 1690. The van der Waals surface area contributed by atoms with Gasteiger partial charge in [-0.2, -0.15) is 0 Å². The Balaban J connectivity index is 1.46. The Morgan fingerprint density at radius 3 is 1.42 bits per heavy atom.